The first-order valence-electron chi connectivity index (χ1n) is 6.66. The van der Waals surface area contributed by atoms with E-state index in [1.165, 1.54) is 0 Å². The van der Waals surface area contributed by atoms with E-state index in [0.717, 1.165) is 16.8 Å². The van der Waals surface area contributed by atoms with Crippen molar-refractivity contribution in [2.24, 2.45) is 0 Å². The van der Waals surface area contributed by atoms with Crippen LogP contribution >= 0.6 is 0 Å². The van der Waals surface area contributed by atoms with Gasteiger partial charge in [-0.2, -0.15) is 0 Å². The third-order valence-electron chi connectivity index (χ3n) is 3.24. The monoisotopic (exact) mass is 296 g/mol. The third-order valence-corrected chi connectivity index (χ3v) is 4.97. The molecule has 20 heavy (non-hydrogen) atoms. The number of carbonyl (C=O) groups is 1. The number of anilines is 1. The Morgan fingerprint density at radius 3 is 2.55 bits per heavy atom. The minimum absolute atomic E-state index is 0.0350. The minimum atomic E-state index is -3.01. The molecular formula is C14H20N2O3S. The fourth-order valence-corrected chi connectivity index (χ4v) is 3.93. The van der Waals surface area contributed by atoms with Crippen molar-refractivity contribution in [1.29, 1.82) is 0 Å². The van der Waals surface area contributed by atoms with E-state index in [-0.39, 0.29) is 29.9 Å². The van der Waals surface area contributed by atoms with Gasteiger partial charge in [-0.05, 0) is 37.1 Å². The fourth-order valence-electron chi connectivity index (χ4n) is 2.48. The summed E-state index contributed by atoms with van der Waals surface area (Å²) in [5.74, 6) is 0.0275. The van der Waals surface area contributed by atoms with Gasteiger partial charge in [-0.3, -0.25) is 4.79 Å². The molecule has 0 aliphatic carbocycles. The van der Waals surface area contributed by atoms with Gasteiger partial charge in [-0.15, -0.1) is 0 Å². The maximum absolute atomic E-state index is 12.0. The number of nitrogens with one attached hydrogen (secondary N) is 2. The highest BCUT2D eigenvalue weighted by atomic mass is 32.2. The highest BCUT2D eigenvalue weighted by Crippen LogP contribution is 2.14. The van der Waals surface area contributed by atoms with E-state index >= 15 is 0 Å². The molecule has 0 radical (unpaired) electrons. The van der Waals surface area contributed by atoms with E-state index in [0.29, 0.717) is 6.54 Å². The van der Waals surface area contributed by atoms with Crippen LogP contribution in [-0.4, -0.2) is 38.4 Å². The van der Waals surface area contributed by atoms with Crippen LogP contribution in [0.2, 0.25) is 0 Å². The molecule has 0 aromatic heterocycles. The largest absolute Gasteiger partial charge is 0.326 e. The molecule has 1 aliphatic heterocycles. The molecule has 2 N–H and O–H groups in total. The van der Waals surface area contributed by atoms with Gasteiger partial charge in [-0.1, -0.05) is 6.07 Å². The summed E-state index contributed by atoms with van der Waals surface area (Å²) in [4.78, 5) is 12.0. The summed E-state index contributed by atoms with van der Waals surface area (Å²) in [6, 6.07) is 5.54. The summed E-state index contributed by atoms with van der Waals surface area (Å²) in [6.07, 6.45) is 0.173. The molecule has 1 aliphatic rings. The van der Waals surface area contributed by atoms with Gasteiger partial charge in [0.2, 0.25) is 5.91 Å². The van der Waals surface area contributed by atoms with Crippen LogP contribution < -0.4 is 10.6 Å². The van der Waals surface area contributed by atoms with E-state index < -0.39 is 9.84 Å². The van der Waals surface area contributed by atoms with Crippen LogP contribution in [-0.2, 0) is 14.6 Å². The molecule has 1 unspecified atom stereocenters. The first-order chi connectivity index (χ1) is 9.34. The maximum Gasteiger partial charge on any atom is 0.225 e. The molecule has 1 aromatic rings. The Labute approximate surface area is 119 Å². The zero-order chi connectivity index (χ0) is 14.8. The van der Waals surface area contributed by atoms with Crippen LogP contribution in [0, 0.1) is 13.8 Å². The molecule has 1 atom stereocenters. The molecule has 5 nitrogen and oxygen atoms in total. The van der Waals surface area contributed by atoms with Crippen LogP contribution in [0.1, 0.15) is 17.5 Å². The Morgan fingerprint density at radius 1 is 1.30 bits per heavy atom. The number of carbonyl (C=O) groups excluding carboxylic acids is 1. The second-order valence-electron chi connectivity index (χ2n) is 5.39. The predicted octanol–water partition coefficient (Wildman–Crippen LogP) is 1.02. The summed E-state index contributed by atoms with van der Waals surface area (Å²) in [5.41, 5.74) is 2.92. The summed E-state index contributed by atoms with van der Waals surface area (Å²) in [5, 5.41) is 5.90. The topological polar surface area (TPSA) is 75.3 Å². The maximum atomic E-state index is 12.0. The predicted molar refractivity (Wildman–Crippen MR) is 79.6 cm³/mol. The lowest BCUT2D eigenvalue weighted by molar-refractivity contribution is -0.116. The van der Waals surface area contributed by atoms with E-state index in [9.17, 15) is 13.2 Å². The van der Waals surface area contributed by atoms with Crippen LogP contribution in [0.4, 0.5) is 5.69 Å². The van der Waals surface area contributed by atoms with Crippen molar-refractivity contribution >= 4 is 21.4 Å². The quantitative estimate of drug-likeness (QED) is 0.873. The number of hydrogen-bond donors (Lipinski definition) is 2. The standard InChI is InChI=1S/C14H20N2O3S/c1-10-5-11(2)7-12(6-10)16-14(17)8-13-9-20(18,19)4-3-15-13/h5-7,13,15H,3-4,8-9H2,1-2H3,(H,16,17). The van der Waals surface area contributed by atoms with Gasteiger partial charge < -0.3 is 10.6 Å². The van der Waals surface area contributed by atoms with Crippen molar-refractivity contribution < 1.29 is 13.2 Å². The lowest BCUT2D eigenvalue weighted by Gasteiger charge is -2.23. The highest BCUT2D eigenvalue weighted by molar-refractivity contribution is 7.91. The van der Waals surface area contributed by atoms with Gasteiger partial charge in [-0.25, -0.2) is 8.42 Å². The molecule has 1 amide bonds. The van der Waals surface area contributed by atoms with Crippen molar-refractivity contribution in [2.75, 3.05) is 23.4 Å². The van der Waals surface area contributed by atoms with Crippen molar-refractivity contribution in [3.63, 3.8) is 0 Å². The summed E-state index contributed by atoms with van der Waals surface area (Å²) in [7, 11) is -3.01. The Balaban J connectivity index is 1.95. The summed E-state index contributed by atoms with van der Waals surface area (Å²) < 4.78 is 23.0. The molecule has 2 rings (SSSR count). The number of sulfone groups is 1. The number of benzene rings is 1. The molecule has 0 bridgehead atoms. The molecule has 1 heterocycles. The van der Waals surface area contributed by atoms with Crippen LogP contribution in [0.15, 0.2) is 18.2 Å². The zero-order valence-electron chi connectivity index (χ0n) is 11.8. The molecule has 0 spiro atoms. The van der Waals surface area contributed by atoms with Crippen LogP contribution in [0.3, 0.4) is 0 Å². The van der Waals surface area contributed by atoms with Gasteiger partial charge in [0.25, 0.3) is 0 Å². The van der Waals surface area contributed by atoms with Gasteiger partial charge in [0.1, 0.15) is 0 Å². The molecule has 6 heteroatoms. The fraction of sp³-hybridized carbons (Fsp3) is 0.500. The molecule has 0 saturated carbocycles. The smallest absolute Gasteiger partial charge is 0.225 e. The second-order valence-corrected chi connectivity index (χ2v) is 7.62. The summed E-state index contributed by atoms with van der Waals surface area (Å²) >= 11 is 0. The molecule has 1 saturated heterocycles. The van der Waals surface area contributed by atoms with E-state index in [1.807, 2.05) is 32.0 Å². The molecular weight excluding hydrogens is 276 g/mol. The lowest BCUT2D eigenvalue weighted by Crippen LogP contribution is -2.46. The molecule has 1 fully saturated rings. The van der Waals surface area contributed by atoms with Crippen molar-refractivity contribution in [1.82, 2.24) is 5.32 Å². The van der Waals surface area contributed by atoms with Gasteiger partial charge in [0, 0.05) is 24.7 Å². The SMILES string of the molecule is Cc1cc(C)cc(NC(=O)CC2CS(=O)(=O)CCN2)c1. The third kappa shape index (κ3) is 4.31. The van der Waals surface area contributed by atoms with Gasteiger partial charge >= 0.3 is 0 Å². The van der Waals surface area contributed by atoms with E-state index in [1.54, 1.807) is 0 Å². The second kappa shape index (κ2) is 5.93. The zero-order valence-corrected chi connectivity index (χ0v) is 12.6. The van der Waals surface area contributed by atoms with Crippen molar-refractivity contribution in [2.45, 2.75) is 26.3 Å². The number of amides is 1. The number of aryl methyl sites for hydroxylation is 2. The normalized spacial score (nSPS) is 21.4. The highest BCUT2D eigenvalue weighted by Gasteiger charge is 2.25. The Morgan fingerprint density at radius 2 is 1.95 bits per heavy atom. The van der Waals surface area contributed by atoms with Gasteiger partial charge in [0.15, 0.2) is 9.84 Å². The van der Waals surface area contributed by atoms with Gasteiger partial charge in [0.05, 0.1) is 11.5 Å². The molecule has 1 aromatic carbocycles. The Kier molecular flexibility index (Phi) is 4.45. The minimum Gasteiger partial charge on any atom is -0.326 e. The first-order valence-corrected chi connectivity index (χ1v) is 8.48. The van der Waals surface area contributed by atoms with Crippen molar-refractivity contribution in [3.05, 3.63) is 29.3 Å². The lowest BCUT2D eigenvalue weighted by atomic mass is 10.1. The Bertz CT molecular complexity index is 591. The van der Waals surface area contributed by atoms with Crippen molar-refractivity contribution in [3.8, 4) is 0 Å². The average Bonchev–Trinajstić information content (AvgIpc) is 2.25. The number of rotatable bonds is 3. The Hall–Kier alpha value is -1.40. The van der Waals surface area contributed by atoms with E-state index in [4.69, 9.17) is 0 Å². The first kappa shape index (κ1) is 15.0. The van der Waals surface area contributed by atoms with Crippen LogP contribution in [0.5, 0.6) is 0 Å². The number of hydrogen-bond acceptors (Lipinski definition) is 4. The average molecular weight is 296 g/mol. The van der Waals surface area contributed by atoms with E-state index in [2.05, 4.69) is 10.6 Å². The van der Waals surface area contributed by atoms with Crippen LogP contribution in [0.25, 0.3) is 0 Å². The molecule has 110 valence electrons. The summed E-state index contributed by atoms with van der Waals surface area (Å²) in [6.45, 7) is 4.36.